The van der Waals surface area contributed by atoms with E-state index in [4.69, 9.17) is 5.26 Å². The third-order valence-corrected chi connectivity index (χ3v) is 2.13. The fraction of sp³-hybridized carbons (Fsp3) is 0.500. The monoisotopic (exact) mass is 177 g/mol. The van der Waals surface area contributed by atoms with Crippen molar-refractivity contribution in [1.29, 1.82) is 5.26 Å². The van der Waals surface area contributed by atoms with E-state index >= 15 is 0 Å². The summed E-state index contributed by atoms with van der Waals surface area (Å²) in [7, 11) is 3.92. The lowest BCUT2D eigenvalue weighted by Crippen LogP contribution is -2.43. The summed E-state index contributed by atoms with van der Waals surface area (Å²) in [4.78, 5) is 2.00. The van der Waals surface area contributed by atoms with Crippen LogP contribution in [0.4, 0.5) is 0 Å². The van der Waals surface area contributed by atoms with Gasteiger partial charge in [-0.1, -0.05) is 0 Å². The highest BCUT2D eigenvalue weighted by molar-refractivity contribution is 5.41. The first-order valence-electron chi connectivity index (χ1n) is 4.28. The van der Waals surface area contributed by atoms with Crippen LogP contribution in [0.3, 0.4) is 0 Å². The zero-order valence-electron chi connectivity index (χ0n) is 8.55. The Hall–Kier alpha value is -1.27. The van der Waals surface area contributed by atoms with E-state index in [9.17, 15) is 0 Å². The minimum absolute atomic E-state index is 0.0231. The molecule has 0 spiro atoms. The molecule has 0 aliphatic carbocycles. The minimum atomic E-state index is 0.0231. The van der Waals surface area contributed by atoms with Crippen molar-refractivity contribution in [3.8, 4) is 6.07 Å². The highest BCUT2D eigenvalue weighted by Gasteiger charge is 2.21. The summed E-state index contributed by atoms with van der Waals surface area (Å²) in [5, 5.41) is 12.2. The zero-order chi connectivity index (χ0) is 10.0. The van der Waals surface area contributed by atoms with E-state index in [2.05, 4.69) is 11.4 Å². The molecule has 0 aromatic heterocycles. The molecule has 70 valence electrons. The molecule has 0 radical (unpaired) electrons. The Balaban J connectivity index is 3.05. The number of rotatable bonds is 1. The van der Waals surface area contributed by atoms with E-state index in [1.54, 1.807) is 0 Å². The number of hydrogen-bond acceptors (Lipinski definition) is 3. The topological polar surface area (TPSA) is 39.1 Å². The lowest BCUT2D eigenvalue weighted by Gasteiger charge is -2.30. The van der Waals surface area contributed by atoms with Crippen molar-refractivity contribution in [1.82, 2.24) is 10.2 Å². The molecule has 0 unspecified atom stereocenters. The SMILES string of the molecule is CC1=CC(C)=C(C#N)[C@@H](N(C)C)N1. The minimum Gasteiger partial charge on any atom is -0.369 e. The summed E-state index contributed by atoms with van der Waals surface area (Å²) in [6, 6.07) is 2.24. The van der Waals surface area contributed by atoms with Crippen LogP contribution in [-0.4, -0.2) is 25.2 Å². The first-order valence-corrected chi connectivity index (χ1v) is 4.28. The molecule has 0 bridgehead atoms. The fourth-order valence-electron chi connectivity index (χ4n) is 1.48. The van der Waals surface area contributed by atoms with Gasteiger partial charge in [-0.25, -0.2) is 0 Å². The van der Waals surface area contributed by atoms with Gasteiger partial charge in [0.15, 0.2) is 0 Å². The summed E-state index contributed by atoms with van der Waals surface area (Å²) in [5.41, 5.74) is 2.96. The second-order valence-electron chi connectivity index (χ2n) is 3.55. The molecule has 3 nitrogen and oxygen atoms in total. The molecule has 0 saturated heterocycles. The van der Waals surface area contributed by atoms with Crippen molar-refractivity contribution in [2.24, 2.45) is 0 Å². The van der Waals surface area contributed by atoms with Crippen molar-refractivity contribution in [2.45, 2.75) is 20.0 Å². The van der Waals surface area contributed by atoms with E-state index in [0.717, 1.165) is 16.8 Å². The Kier molecular flexibility index (Phi) is 2.74. The van der Waals surface area contributed by atoms with Crippen molar-refractivity contribution < 1.29 is 0 Å². The number of dihydropyridines is 1. The van der Waals surface area contributed by atoms with Gasteiger partial charge in [0.25, 0.3) is 0 Å². The van der Waals surface area contributed by atoms with Crippen LogP contribution in [0.15, 0.2) is 22.9 Å². The number of nitriles is 1. The first kappa shape index (κ1) is 9.82. The summed E-state index contributed by atoms with van der Waals surface area (Å²) in [5.74, 6) is 0. The standard InChI is InChI=1S/C10H15N3/c1-7-5-8(2)12-10(13(3)4)9(7)6-11/h5,10,12H,1-4H3/t10-/m1/s1. The molecule has 0 amide bonds. The van der Waals surface area contributed by atoms with E-state index in [0.29, 0.717) is 0 Å². The van der Waals surface area contributed by atoms with Gasteiger partial charge in [0.1, 0.15) is 6.17 Å². The van der Waals surface area contributed by atoms with E-state index in [-0.39, 0.29) is 6.17 Å². The lowest BCUT2D eigenvalue weighted by molar-refractivity contribution is 0.300. The van der Waals surface area contributed by atoms with Crippen LogP contribution in [-0.2, 0) is 0 Å². The molecular formula is C10H15N3. The molecule has 0 saturated carbocycles. The first-order chi connectivity index (χ1) is 6.06. The predicted molar refractivity (Wildman–Crippen MR) is 52.7 cm³/mol. The maximum Gasteiger partial charge on any atom is 0.115 e. The quantitative estimate of drug-likeness (QED) is 0.654. The highest BCUT2D eigenvalue weighted by Crippen LogP contribution is 2.18. The van der Waals surface area contributed by atoms with Gasteiger partial charge < -0.3 is 5.32 Å². The van der Waals surface area contributed by atoms with Gasteiger partial charge in [0.05, 0.1) is 11.6 Å². The van der Waals surface area contributed by atoms with Gasteiger partial charge in [-0.2, -0.15) is 5.26 Å². The summed E-state index contributed by atoms with van der Waals surface area (Å²) in [6.45, 7) is 3.98. The molecule has 3 heteroatoms. The Morgan fingerprint density at radius 3 is 2.54 bits per heavy atom. The average molecular weight is 177 g/mol. The van der Waals surface area contributed by atoms with Crippen LogP contribution in [0.5, 0.6) is 0 Å². The number of allylic oxidation sites excluding steroid dienone is 3. The molecule has 0 aromatic rings. The smallest absolute Gasteiger partial charge is 0.115 e. The molecule has 1 aliphatic rings. The van der Waals surface area contributed by atoms with Crippen molar-refractivity contribution in [3.05, 3.63) is 22.9 Å². The number of nitrogens with zero attached hydrogens (tertiary/aromatic N) is 2. The predicted octanol–water partition coefficient (Wildman–Crippen LogP) is 1.22. The summed E-state index contributed by atoms with van der Waals surface area (Å²) < 4.78 is 0. The van der Waals surface area contributed by atoms with Crippen LogP contribution >= 0.6 is 0 Å². The third kappa shape index (κ3) is 1.90. The zero-order valence-corrected chi connectivity index (χ0v) is 8.55. The molecule has 1 N–H and O–H groups in total. The fourth-order valence-corrected chi connectivity index (χ4v) is 1.48. The largest absolute Gasteiger partial charge is 0.369 e. The van der Waals surface area contributed by atoms with E-state index in [1.165, 1.54) is 0 Å². The lowest BCUT2D eigenvalue weighted by atomic mass is 10.0. The Bertz CT molecular complexity index is 305. The van der Waals surface area contributed by atoms with Crippen LogP contribution in [0, 0.1) is 11.3 Å². The maximum atomic E-state index is 8.96. The Labute approximate surface area is 79.3 Å². The number of nitrogens with one attached hydrogen (secondary N) is 1. The van der Waals surface area contributed by atoms with Crippen LogP contribution in [0.25, 0.3) is 0 Å². The van der Waals surface area contributed by atoms with Crippen molar-refractivity contribution in [3.63, 3.8) is 0 Å². The van der Waals surface area contributed by atoms with Crippen molar-refractivity contribution in [2.75, 3.05) is 14.1 Å². The normalized spacial score (nSPS) is 22.5. The van der Waals surface area contributed by atoms with E-state index in [1.807, 2.05) is 38.9 Å². The van der Waals surface area contributed by atoms with Crippen molar-refractivity contribution >= 4 is 0 Å². The van der Waals surface area contributed by atoms with Crippen LogP contribution < -0.4 is 5.32 Å². The third-order valence-electron chi connectivity index (χ3n) is 2.13. The molecule has 1 heterocycles. The second kappa shape index (κ2) is 3.63. The number of likely N-dealkylation sites (N-methyl/N-ethyl adjacent to an activating group) is 1. The maximum absolute atomic E-state index is 8.96. The van der Waals surface area contributed by atoms with Gasteiger partial charge in [-0.05, 0) is 39.6 Å². The Morgan fingerprint density at radius 1 is 1.46 bits per heavy atom. The molecule has 1 atom stereocenters. The van der Waals surface area contributed by atoms with Gasteiger partial charge in [0, 0.05) is 5.70 Å². The van der Waals surface area contributed by atoms with Gasteiger partial charge in [-0.15, -0.1) is 0 Å². The second-order valence-corrected chi connectivity index (χ2v) is 3.55. The number of hydrogen-bond donors (Lipinski definition) is 1. The average Bonchev–Trinajstić information content (AvgIpc) is 2.02. The molecule has 1 rings (SSSR count). The molecule has 0 aromatic carbocycles. The van der Waals surface area contributed by atoms with Gasteiger partial charge in [0.2, 0.25) is 0 Å². The highest BCUT2D eigenvalue weighted by atomic mass is 15.2. The van der Waals surface area contributed by atoms with Gasteiger partial charge in [-0.3, -0.25) is 4.90 Å². The van der Waals surface area contributed by atoms with Crippen LogP contribution in [0.1, 0.15) is 13.8 Å². The molecular weight excluding hydrogens is 162 g/mol. The van der Waals surface area contributed by atoms with Crippen LogP contribution in [0.2, 0.25) is 0 Å². The van der Waals surface area contributed by atoms with E-state index < -0.39 is 0 Å². The van der Waals surface area contributed by atoms with Gasteiger partial charge >= 0.3 is 0 Å². The molecule has 0 fully saturated rings. The molecule has 1 aliphatic heterocycles. The summed E-state index contributed by atoms with van der Waals surface area (Å²) in [6.07, 6.45) is 2.02. The Morgan fingerprint density at radius 2 is 2.08 bits per heavy atom. The summed E-state index contributed by atoms with van der Waals surface area (Å²) >= 11 is 0. The molecule has 13 heavy (non-hydrogen) atoms.